The van der Waals surface area contributed by atoms with Crippen LogP contribution in [0.2, 0.25) is 0 Å². The Bertz CT molecular complexity index is 441. The molecule has 0 saturated heterocycles. The Morgan fingerprint density at radius 1 is 1.55 bits per heavy atom. The SMILES string of the molecule is CC(C)(C)OC(=O)NCCC(O)C(O)c1cc(N)n[nH]1. The number of H-pyrrole nitrogens is 1. The van der Waals surface area contributed by atoms with Crippen molar-refractivity contribution >= 4 is 11.9 Å². The van der Waals surface area contributed by atoms with Crippen LogP contribution in [0.3, 0.4) is 0 Å². The van der Waals surface area contributed by atoms with E-state index in [1.54, 1.807) is 20.8 Å². The van der Waals surface area contributed by atoms with Crippen LogP contribution in [0.4, 0.5) is 10.6 Å². The molecule has 0 bridgehead atoms. The Kier molecular flexibility index (Phi) is 5.34. The molecule has 8 nitrogen and oxygen atoms in total. The summed E-state index contributed by atoms with van der Waals surface area (Å²) in [6.45, 7) is 5.45. The van der Waals surface area contributed by atoms with Gasteiger partial charge >= 0.3 is 6.09 Å². The van der Waals surface area contributed by atoms with E-state index in [0.29, 0.717) is 5.69 Å². The topological polar surface area (TPSA) is 133 Å². The Hall–Kier alpha value is -1.80. The molecule has 0 aliphatic carbocycles. The molecule has 0 saturated carbocycles. The van der Waals surface area contributed by atoms with E-state index in [1.165, 1.54) is 6.07 Å². The number of aromatic nitrogens is 2. The molecule has 2 atom stereocenters. The van der Waals surface area contributed by atoms with Crippen LogP contribution in [-0.2, 0) is 4.74 Å². The number of ether oxygens (including phenoxy) is 1. The lowest BCUT2D eigenvalue weighted by atomic mass is 10.1. The summed E-state index contributed by atoms with van der Waals surface area (Å²) in [5.74, 6) is 0.234. The van der Waals surface area contributed by atoms with Gasteiger partial charge in [0.05, 0.1) is 11.8 Å². The number of rotatable bonds is 5. The molecule has 1 heterocycles. The van der Waals surface area contributed by atoms with Crippen LogP contribution in [0.5, 0.6) is 0 Å². The molecule has 8 heteroatoms. The van der Waals surface area contributed by atoms with Gasteiger partial charge in [0, 0.05) is 12.6 Å². The second kappa shape index (κ2) is 6.58. The third-order valence-electron chi connectivity index (χ3n) is 2.41. The lowest BCUT2D eigenvalue weighted by Gasteiger charge is -2.20. The number of aromatic amines is 1. The highest BCUT2D eigenvalue weighted by atomic mass is 16.6. The molecule has 2 unspecified atom stereocenters. The van der Waals surface area contributed by atoms with Crippen molar-refractivity contribution in [3.05, 3.63) is 11.8 Å². The molecule has 20 heavy (non-hydrogen) atoms. The van der Waals surface area contributed by atoms with Crippen LogP contribution in [0.25, 0.3) is 0 Å². The van der Waals surface area contributed by atoms with Gasteiger partial charge in [0.1, 0.15) is 17.5 Å². The Labute approximate surface area is 117 Å². The van der Waals surface area contributed by atoms with Gasteiger partial charge in [-0.15, -0.1) is 0 Å². The van der Waals surface area contributed by atoms with Gasteiger partial charge < -0.3 is 26.0 Å². The van der Waals surface area contributed by atoms with Crippen LogP contribution in [-0.4, -0.2) is 44.8 Å². The largest absolute Gasteiger partial charge is 0.444 e. The summed E-state index contributed by atoms with van der Waals surface area (Å²) < 4.78 is 5.04. The smallest absolute Gasteiger partial charge is 0.407 e. The van der Waals surface area contributed by atoms with E-state index < -0.39 is 23.9 Å². The molecular formula is C12H22N4O4. The fraction of sp³-hybridized carbons (Fsp3) is 0.667. The van der Waals surface area contributed by atoms with E-state index in [9.17, 15) is 15.0 Å². The molecule has 0 fully saturated rings. The van der Waals surface area contributed by atoms with E-state index in [1.807, 2.05) is 0 Å². The lowest BCUT2D eigenvalue weighted by Crippen LogP contribution is -2.34. The molecule has 1 amide bonds. The summed E-state index contributed by atoms with van der Waals surface area (Å²) in [7, 11) is 0. The summed E-state index contributed by atoms with van der Waals surface area (Å²) in [5, 5.41) is 28.3. The first kappa shape index (κ1) is 16.3. The first-order valence-electron chi connectivity index (χ1n) is 6.33. The summed E-state index contributed by atoms with van der Waals surface area (Å²) in [4.78, 5) is 11.4. The Morgan fingerprint density at radius 2 is 2.20 bits per heavy atom. The second-order valence-corrected chi connectivity index (χ2v) is 5.48. The molecule has 0 aromatic carbocycles. The molecule has 114 valence electrons. The number of hydrogen-bond acceptors (Lipinski definition) is 6. The van der Waals surface area contributed by atoms with Gasteiger partial charge in [-0.1, -0.05) is 0 Å². The Balaban J connectivity index is 2.33. The number of aliphatic hydroxyl groups is 2. The lowest BCUT2D eigenvalue weighted by molar-refractivity contribution is 0.00991. The maximum atomic E-state index is 11.4. The summed E-state index contributed by atoms with van der Waals surface area (Å²) in [6.07, 6.45) is -2.59. The number of hydrogen-bond donors (Lipinski definition) is 5. The number of anilines is 1. The number of carbonyl (C=O) groups excluding carboxylic acids is 1. The zero-order chi connectivity index (χ0) is 15.3. The minimum Gasteiger partial charge on any atom is -0.444 e. The normalized spacial score (nSPS) is 14.7. The molecule has 1 rings (SSSR count). The first-order chi connectivity index (χ1) is 9.19. The number of nitrogens with zero attached hydrogens (tertiary/aromatic N) is 1. The van der Waals surface area contributed by atoms with Crippen molar-refractivity contribution in [2.24, 2.45) is 0 Å². The molecular weight excluding hydrogens is 264 g/mol. The Morgan fingerprint density at radius 3 is 2.70 bits per heavy atom. The number of aliphatic hydroxyl groups excluding tert-OH is 2. The third-order valence-corrected chi connectivity index (χ3v) is 2.41. The van der Waals surface area contributed by atoms with E-state index in [0.717, 1.165) is 0 Å². The van der Waals surface area contributed by atoms with Gasteiger partial charge in [-0.05, 0) is 27.2 Å². The number of alkyl carbamates (subject to hydrolysis) is 1. The maximum absolute atomic E-state index is 11.4. The van der Waals surface area contributed by atoms with Crippen LogP contribution < -0.4 is 11.1 Å². The van der Waals surface area contributed by atoms with Crippen LogP contribution in [0.15, 0.2) is 6.07 Å². The van der Waals surface area contributed by atoms with Crippen molar-refractivity contribution in [1.82, 2.24) is 15.5 Å². The molecule has 0 aliphatic heterocycles. The van der Waals surface area contributed by atoms with Gasteiger partial charge in [0.25, 0.3) is 0 Å². The van der Waals surface area contributed by atoms with Crippen LogP contribution in [0, 0.1) is 0 Å². The minimum absolute atomic E-state index is 0.166. The average Bonchev–Trinajstić information content (AvgIpc) is 2.72. The predicted molar refractivity (Wildman–Crippen MR) is 72.8 cm³/mol. The van der Waals surface area contributed by atoms with Crippen LogP contribution in [0.1, 0.15) is 39.0 Å². The van der Waals surface area contributed by atoms with E-state index in [4.69, 9.17) is 10.5 Å². The molecule has 6 N–H and O–H groups in total. The zero-order valence-corrected chi connectivity index (χ0v) is 11.9. The quantitative estimate of drug-likeness (QED) is 0.528. The third kappa shape index (κ3) is 5.45. The molecule has 0 radical (unpaired) electrons. The van der Waals surface area contributed by atoms with Gasteiger partial charge in [-0.3, -0.25) is 5.10 Å². The summed E-state index contributed by atoms with van der Waals surface area (Å²) in [6, 6.07) is 1.44. The fourth-order valence-corrected chi connectivity index (χ4v) is 1.51. The van der Waals surface area contributed by atoms with Crippen molar-refractivity contribution in [1.29, 1.82) is 0 Å². The molecule has 1 aromatic heterocycles. The number of nitrogen functional groups attached to an aromatic ring is 1. The number of nitrogens with one attached hydrogen (secondary N) is 2. The number of nitrogens with two attached hydrogens (primary N) is 1. The van der Waals surface area contributed by atoms with Crippen molar-refractivity contribution in [3.63, 3.8) is 0 Å². The van der Waals surface area contributed by atoms with Crippen LogP contribution >= 0.6 is 0 Å². The minimum atomic E-state index is -1.14. The highest BCUT2D eigenvalue weighted by Crippen LogP contribution is 2.17. The molecule has 1 aromatic rings. The fourth-order valence-electron chi connectivity index (χ4n) is 1.51. The molecule has 0 spiro atoms. The van der Waals surface area contributed by atoms with Crippen molar-refractivity contribution in [2.75, 3.05) is 12.3 Å². The van der Waals surface area contributed by atoms with E-state index in [-0.39, 0.29) is 18.8 Å². The van der Waals surface area contributed by atoms with Gasteiger partial charge in [0.2, 0.25) is 0 Å². The zero-order valence-electron chi connectivity index (χ0n) is 11.9. The first-order valence-corrected chi connectivity index (χ1v) is 6.33. The second-order valence-electron chi connectivity index (χ2n) is 5.48. The number of amides is 1. The highest BCUT2D eigenvalue weighted by Gasteiger charge is 2.21. The van der Waals surface area contributed by atoms with E-state index in [2.05, 4.69) is 15.5 Å². The van der Waals surface area contributed by atoms with Crippen molar-refractivity contribution in [3.8, 4) is 0 Å². The highest BCUT2D eigenvalue weighted by molar-refractivity contribution is 5.67. The van der Waals surface area contributed by atoms with Gasteiger partial charge in [0.15, 0.2) is 0 Å². The molecule has 0 aliphatic rings. The van der Waals surface area contributed by atoms with Crippen molar-refractivity contribution < 1.29 is 19.7 Å². The monoisotopic (exact) mass is 286 g/mol. The van der Waals surface area contributed by atoms with Crippen molar-refractivity contribution in [2.45, 2.75) is 45.0 Å². The van der Waals surface area contributed by atoms with Gasteiger partial charge in [-0.2, -0.15) is 5.10 Å². The summed E-state index contributed by atoms with van der Waals surface area (Å²) in [5.41, 5.74) is 5.16. The predicted octanol–water partition coefficient (Wildman–Crippen LogP) is 0.301. The number of carbonyl (C=O) groups is 1. The maximum Gasteiger partial charge on any atom is 0.407 e. The van der Waals surface area contributed by atoms with E-state index >= 15 is 0 Å². The average molecular weight is 286 g/mol. The standard InChI is InChI=1S/C12H22N4O4/c1-12(2,3)20-11(19)14-5-4-8(17)10(18)7-6-9(13)16-15-7/h6,8,10,17-18H,4-5H2,1-3H3,(H,14,19)(H3,13,15,16). The van der Waals surface area contributed by atoms with Gasteiger partial charge in [-0.25, -0.2) is 4.79 Å². The summed E-state index contributed by atoms with van der Waals surface area (Å²) >= 11 is 0.